The number of amidine groups is 1. The van der Waals surface area contributed by atoms with Gasteiger partial charge < -0.3 is 21.9 Å². The molecule has 6 N–H and O–H groups in total. The van der Waals surface area contributed by atoms with E-state index in [1.807, 2.05) is 52.0 Å². The van der Waals surface area contributed by atoms with Crippen molar-refractivity contribution in [2.24, 2.45) is 16.5 Å². The van der Waals surface area contributed by atoms with Crippen molar-refractivity contribution in [3.8, 4) is 0 Å². The highest BCUT2D eigenvalue weighted by Crippen LogP contribution is 2.17. The molecule has 0 saturated carbocycles. The van der Waals surface area contributed by atoms with Gasteiger partial charge in [0, 0.05) is 12.1 Å². The van der Waals surface area contributed by atoms with Crippen LogP contribution in [0.3, 0.4) is 0 Å². The van der Waals surface area contributed by atoms with E-state index in [2.05, 4.69) is 10.3 Å². The Balaban J connectivity index is 0.00000249. The van der Waals surface area contributed by atoms with E-state index >= 15 is 0 Å². The molecule has 0 fully saturated rings. The number of allylic oxidation sites excluding steroid dienone is 6. The standard InChI is InChI=1S/C23H27FN4O2.C2H6/c1-3-12-27-23(21(29)20(25)17-6-4-5-15(2)7-9-17)28-13-11-16-8-10-18(22(26)30)19(24)14-16;1-2/h3-4,6-10,12,14,29H,5,11,13,25H2,1-2H3,(H2,26,30)(H,27,28);1-2H3/b12-3-,21-20+;. The van der Waals surface area contributed by atoms with Gasteiger partial charge in [0.15, 0.2) is 11.6 Å². The second-order valence-electron chi connectivity index (χ2n) is 6.81. The number of aliphatic hydroxyl groups is 1. The van der Waals surface area contributed by atoms with Crippen LogP contribution in [0.25, 0.3) is 0 Å². The number of hydrogen-bond acceptors (Lipinski definition) is 4. The fourth-order valence-corrected chi connectivity index (χ4v) is 2.73. The first kappa shape index (κ1) is 26.4. The Morgan fingerprint density at radius 1 is 1.28 bits per heavy atom. The number of halogens is 1. The van der Waals surface area contributed by atoms with E-state index < -0.39 is 11.7 Å². The normalized spacial score (nSPS) is 14.6. The zero-order valence-electron chi connectivity index (χ0n) is 19.2. The van der Waals surface area contributed by atoms with Crippen molar-refractivity contribution in [2.45, 2.75) is 40.5 Å². The summed E-state index contributed by atoms with van der Waals surface area (Å²) in [5.74, 6) is -1.45. The number of amides is 1. The van der Waals surface area contributed by atoms with Crippen LogP contribution in [-0.4, -0.2) is 23.4 Å². The third kappa shape index (κ3) is 7.91. The molecule has 0 spiro atoms. The summed E-state index contributed by atoms with van der Waals surface area (Å²) in [7, 11) is 0. The maximum Gasteiger partial charge on any atom is 0.251 e. The van der Waals surface area contributed by atoms with Gasteiger partial charge in [0.25, 0.3) is 5.91 Å². The second-order valence-corrected chi connectivity index (χ2v) is 6.81. The van der Waals surface area contributed by atoms with Gasteiger partial charge in [-0.2, -0.15) is 0 Å². The van der Waals surface area contributed by atoms with E-state index in [0.717, 1.165) is 6.42 Å². The monoisotopic (exact) mass is 440 g/mol. The maximum absolute atomic E-state index is 13.9. The number of nitrogens with two attached hydrogens (primary N) is 2. The summed E-state index contributed by atoms with van der Waals surface area (Å²) >= 11 is 0. The Hall–Kier alpha value is -3.61. The molecule has 0 aromatic heterocycles. The SMILES string of the molecule is C/C=C\NC(=NCCc1ccc(C(N)=O)c(F)c1)/C(O)=C(\N)C1=CC=C(C)CC=C1.CC. The van der Waals surface area contributed by atoms with E-state index in [1.54, 1.807) is 18.3 Å². The molecule has 7 heteroatoms. The summed E-state index contributed by atoms with van der Waals surface area (Å²) in [6, 6.07) is 4.23. The molecule has 0 bridgehead atoms. The average molecular weight is 441 g/mol. The molecular weight excluding hydrogens is 407 g/mol. The lowest BCUT2D eigenvalue weighted by atomic mass is 10.1. The molecule has 0 aliphatic heterocycles. The first-order valence-electron chi connectivity index (χ1n) is 10.6. The zero-order valence-corrected chi connectivity index (χ0v) is 19.2. The van der Waals surface area contributed by atoms with Crippen LogP contribution in [0.2, 0.25) is 0 Å². The molecule has 1 aliphatic rings. The molecule has 1 amide bonds. The molecule has 1 aromatic rings. The Labute approximate surface area is 189 Å². The highest BCUT2D eigenvalue weighted by atomic mass is 19.1. The Morgan fingerprint density at radius 3 is 2.62 bits per heavy atom. The van der Waals surface area contributed by atoms with Gasteiger partial charge in [0.05, 0.1) is 11.3 Å². The largest absolute Gasteiger partial charge is 0.503 e. The smallest absolute Gasteiger partial charge is 0.251 e. The van der Waals surface area contributed by atoms with Gasteiger partial charge in [-0.3, -0.25) is 9.79 Å². The van der Waals surface area contributed by atoms with Crippen LogP contribution in [0.4, 0.5) is 4.39 Å². The number of carbonyl (C=O) groups excluding carboxylic acids is 1. The van der Waals surface area contributed by atoms with E-state index in [9.17, 15) is 14.3 Å². The molecule has 32 heavy (non-hydrogen) atoms. The number of rotatable bonds is 7. The van der Waals surface area contributed by atoms with Crippen LogP contribution in [-0.2, 0) is 6.42 Å². The topological polar surface area (TPSA) is 114 Å². The number of nitrogens with zero attached hydrogens (tertiary/aromatic N) is 1. The van der Waals surface area contributed by atoms with Crippen LogP contribution in [0.15, 0.2) is 82.4 Å². The lowest BCUT2D eigenvalue weighted by molar-refractivity contribution is 0.0996. The summed E-state index contributed by atoms with van der Waals surface area (Å²) in [5.41, 5.74) is 13.9. The average Bonchev–Trinajstić information content (AvgIpc) is 3.00. The summed E-state index contributed by atoms with van der Waals surface area (Å²) in [6.07, 6.45) is 12.2. The Morgan fingerprint density at radius 2 is 2.00 bits per heavy atom. The molecule has 172 valence electrons. The van der Waals surface area contributed by atoms with Gasteiger partial charge in [-0.05, 0) is 50.6 Å². The number of nitrogens with one attached hydrogen (secondary N) is 1. The minimum atomic E-state index is -0.813. The highest BCUT2D eigenvalue weighted by Gasteiger charge is 2.13. The van der Waals surface area contributed by atoms with E-state index in [0.29, 0.717) is 17.6 Å². The molecule has 0 atom stereocenters. The summed E-state index contributed by atoms with van der Waals surface area (Å²) in [4.78, 5) is 15.5. The fraction of sp³-hybridized carbons (Fsp3) is 0.280. The van der Waals surface area contributed by atoms with Gasteiger partial charge in [-0.25, -0.2) is 4.39 Å². The van der Waals surface area contributed by atoms with Crippen LogP contribution in [0, 0.1) is 5.82 Å². The first-order chi connectivity index (χ1) is 15.3. The molecule has 0 heterocycles. The third-order valence-corrected chi connectivity index (χ3v) is 4.43. The molecule has 1 aromatic carbocycles. The Kier molecular flexibility index (Phi) is 11.3. The van der Waals surface area contributed by atoms with Crippen molar-refractivity contribution in [1.82, 2.24) is 5.32 Å². The van der Waals surface area contributed by atoms with Crippen molar-refractivity contribution in [1.29, 1.82) is 0 Å². The molecule has 0 saturated heterocycles. The van der Waals surface area contributed by atoms with Crippen LogP contribution < -0.4 is 16.8 Å². The number of aliphatic hydroxyl groups excluding tert-OH is 1. The van der Waals surface area contributed by atoms with E-state index in [4.69, 9.17) is 11.5 Å². The van der Waals surface area contributed by atoms with Crippen molar-refractivity contribution in [2.75, 3.05) is 6.54 Å². The molecule has 6 nitrogen and oxygen atoms in total. The van der Waals surface area contributed by atoms with Gasteiger partial charge >= 0.3 is 0 Å². The first-order valence-corrected chi connectivity index (χ1v) is 10.6. The quantitative estimate of drug-likeness (QED) is 0.282. The molecular formula is C25H33FN4O2. The molecule has 0 radical (unpaired) electrons. The summed E-state index contributed by atoms with van der Waals surface area (Å²) < 4.78 is 13.9. The van der Waals surface area contributed by atoms with Crippen molar-refractivity contribution in [3.05, 3.63) is 94.3 Å². The number of aliphatic imine (C=N–C) groups is 1. The van der Waals surface area contributed by atoms with Crippen LogP contribution in [0.5, 0.6) is 0 Å². The molecule has 0 unspecified atom stereocenters. The molecule has 1 aliphatic carbocycles. The minimum absolute atomic E-state index is 0.153. The lowest BCUT2D eigenvalue weighted by Gasteiger charge is -2.10. The van der Waals surface area contributed by atoms with E-state index in [-0.39, 0.29) is 29.4 Å². The van der Waals surface area contributed by atoms with Crippen LogP contribution >= 0.6 is 0 Å². The van der Waals surface area contributed by atoms with Crippen molar-refractivity contribution in [3.63, 3.8) is 0 Å². The predicted octanol–water partition coefficient (Wildman–Crippen LogP) is 4.58. The van der Waals surface area contributed by atoms with Crippen molar-refractivity contribution < 1.29 is 14.3 Å². The van der Waals surface area contributed by atoms with Gasteiger partial charge in [0.1, 0.15) is 5.82 Å². The van der Waals surface area contributed by atoms with Gasteiger partial charge in [0.2, 0.25) is 0 Å². The fourth-order valence-electron chi connectivity index (χ4n) is 2.73. The molecule has 2 rings (SSSR count). The number of benzene rings is 1. The summed E-state index contributed by atoms with van der Waals surface area (Å²) in [6.45, 7) is 8.10. The lowest BCUT2D eigenvalue weighted by Crippen LogP contribution is -2.24. The van der Waals surface area contributed by atoms with Gasteiger partial charge in [-0.1, -0.05) is 55.9 Å². The Bertz CT molecular complexity index is 986. The number of carbonyl (C=O) groups is 1. The van der Waals surface area contributed by atoms with Crippen molar-refractivity contribution >= 4 is 11.7 Å². The zero-order chi connectivity index (χ0) is 24.1. The number of primary amides is 1. The number of hydrogen-bond donors (Lipinski definition) is 4. The van der Waals surface area contributed by atoms with Crippen LogP contribution in [0.1, 0.15) is 50.0 Å². The maximum atomic E-state index is 13.9. The third-order valence-electron chi connectivity index (χ3n) is 4.43. The van der Waals surface area contributed by atoms with Gasteiger partial charge in [-0.15, -0.1) is 0 Å². The minimum Gasteiger partial charge on any atom is -0.503 e. The predicted molar refractivity (Wildman–Crippen MR) is 130 cm³/mol. The second kappa shape index (κ2) is 13.6. The van der Waals surface area contributed by atoms with E-state index in [1.165, 1.54) is 17.7 Å². The summed E-state index contributed by atoms with van der Waals surface area (Å²) in [5, 5.41) is 13.6. The highest BCUT2D eigenvalue weighted by molar-refractivity contribution is 5.98.